The molecule has 4 rings (SSSR count). The lowest BCUT2D eigenvalue weighted by molar-refractivity contribution is 1.13. The average Bonchev–Trinajstić information content (AvgIpc) is 2.86. The molecule has 1 heteroatoms. The second-order valence-electron chi connectivity index (χ2n) is 4.49. The topological polar surface area (TPSA) is 12.4 Å². The fraction of sp³-hybridized carbons (Fsp3) is 0.0625. The predicted octanol–water partition coefficient (Wildman–Crippen LogP) is 3.93. The van der Waals surface area contributed by atoms with Gasteiger partial charge < -0.3 is 0 Å². The van der Waals surface area contributed by atoms with Crippen molar-refractivity contribution in [3.05, 3.63) is 59.7 Å². The van der Waals surface area contributed by atoms with E-state index in [-0.39, 0.29) is 0 Å². The third kappa shape index (κ3) is 1.17. The van der Waals surface area contributed by atoms with Crippen molar-refractivity contribution in [2.45, 2.75) is 6.54 Å². The van der Waals surface area contributed by atoms with Crippen LogP contribution in [0.15, 0.2) is 53.5 Å². The van der Waals surface area contributed by atoms with Crippen LogP contribution >= 0.6 is 0 Å². The van der Waals surface area contributed by atoms with E-state index in [2.05, 4.69) is 53.5 Å². The van der Waals surface area contributed by atoms with Crippen LogP contribution in [-0.2, 0) is 6.54 Å². The Morgan fingerprint density at radius 1 is 0.824 bits per heavy atom. The number of hydrogen-bond donors (Lipinski definition) is 0. The van der Waals surface area contributed by atoms with Crippen molar-refractivity contribution in [2.24, 2.45) is 4.99 Å². The van der Waals surface area contributed by atoms with E-state index in [4.69, 9.17) is 0 Å². The zero-order valence-electron chi connectivity index (χ0n) is 9.35. The van der Waals surface area contributed by atoms with Crippen LogP contribution in [0.4, 0.5) is 0 Å². The number of rotatable bonds is 0. The number of fused-ring (bicyclic) bond motifs is 5. The summed E-state index contributed by atoms with van der Waals surface area (Å²) in [5.74, 6) is 0. The van der Waals surface area contributed by atoms with Crippen LogP contribution < -0.4 is 0 Å². The Kier molecular flexibility index (Phi) is 1.67. The van der Waals surface area contributed by atoms with Crippen molar-refractivity contribution in [1.29, 1.82) is 0 Å². The van der Waals surface area contributed by atoms with Gasteiger partial charge in [0.15, 0.2) is 0 Å². The van der Waals surface area contributed by atoms with Crippen molar-refractivity contribution in [2.75, 3.05) is 0 Å². The Balaban J connectivity index is 2.29. The van der Waals surface area contributed by atoms with E-state index in [0.29, 0.717) is 0 Å². The first-order chi connectivity index (χ1) is 8.43. The number of hydrogen-bond acceptors (Lipinski definition) is 1. The lowest BCUT2D eigenvalue weighted by Gasteiger charge is -2.08. The zero-order chi connectivity index (χ0) is 11.2. The normalized spacial score (nSPS) is 13.4. The molecule has 3 aromatic rings. The molecule has 17 heavy (non-hydrogen) atoms. The first-order valence-corrected chi connectivity index (χ1v) is 5.87. The number of aliphatic imine (C=N–C) groups is 1. The van der Waals surface area contributed by atoms with Gasteiger partial charge >= 0.3 is 0 Å². The molecule has 0 aromatic heterocycles. The van der Waals surface area contributed by atoms with E-state index >= 15 is 0 Å². The van der Waals surface area contributed by atoms with E-state index in [1.165, 1.54) is 32.7 Å². The van der Waals surface area contributed by atoms with Crippen LogP contribution in [0.3, 0.4) is 0 Å². The van der Waals surface area contributed by atoms with Gasteiger partial charge in [0.05, 0.1) is 6.54 Å². The fourth-order valence-corrected chi connectivity index (χ4v) is 2.72. The first kappa shape index (κ1) is 8.94. The summed E-state index contributed by atoms with van der Waals surface area (Å²) in [6.45, 7) is 0.820. The molecular formula is C16H11N. The molecule has 80 valence electrons. The molecule has 3 aromatic carbocycles. The maximum atomic E-state index is 4.38. The molecule has 1 nitrogen and oxygen atoms in total. The SMILES string of the molecule is C1=NCc2c1ccc1ccc3ccccc3c21. The Bertz CT molecular complexity index is 769. The number of nitrogens with zero attached hydrogens (tertiary/aromatic N) is 1. The third-order valence-electron chi connectivity index (χ3n) is 3.53. The van der Waals surface area contributed by atoms with Crippen molar-refractivity contribution in [3.63, 3.8) is 0 Å². The van der Waals surface area contributed by atoms with Gasteiger partial charge in [-0.05, 0) is 32.7 Å². The van der Waals surface area contributed by atoms with Crippen LogP contribution in [0.5, 0.6) is 0 Å². The van der Waals surface area contributed by atoms with E-state index in [0.717, 1.165) is 6.54 Å². The summed E-state index contributed by atoms with van der Waals surface area (Å²) in [4.78, 5) is 4.38. The Morgan fingerprint density at radius 3 is 2.65 bits per heavy atom. The van der Waals surface area contributed by atoms with Crippen molar-refractivity contribution < 1.29 is 0 Å². The van der Waals surface area contributed by atoms with Crippen molar-refractivity contribution in [1.82, 2.24) is 0 Å². The predicted molar refractivity (Wildman–Crippen MR) is 72.8 cm³/mol. The van der Waals surface area contributed by atoms with Crippen LogP contribution in [0, 0.1) is 0 Å². The molecular weight excluding hydrogens is 206 g/mol. The average molecular weight is 217 g/mol. The van der Waals surface area contributed by atoms with Crippen molar-refractivity contribution in [3.8, 4) is 0 Å². The van der Waals surface area contributed by atoms with E-state index < -0.39 is 0 Å². The third-order valence-corrected chi connectivity index (χ3v) is 3.53. The molecule has 0 saturated carbocycles. The highest BCUT2D eigenvalue weighted by Gasteiger charge is 2.12. The molecule has 0 N–H and O–H groups in total. The van der Waals surface area contributed by atoms with Gasteiger partial charge in [0.1, 0.15) is 0 Å². The maximum absolute atomic E-state index is 4.38. The lowest BCUT2D eigenvalue weighted by atomic mass is 9.95. The minimum absolute atomic E-state index is 0.820. The largest absolute Gasteiger partial charge is 0.288 e. The summed E-state index contributed by atoms with van der Waals surface area (Å²) in [7, 11) is 0. The molecule has 1 aliphatic heterocycles. The van der Waals surface area contributed by atoms with Crippen molar-refractivity contribution >= 4 is 27.8 Å². The number of benzene rings is 3. The van der Waals surface area contributed by atoms with Gasteiger partial charge in [0.25, 0.3) is 0 Å². The summed E-state index contributed by atoms with van der Waals surface area (Å²) in [5.41, 5.74) is 2.65. The molecule has 0 bridgehead atoms. The van der Waals surface area contributed by atoms with Gasteiger partial charge in [0, 0.05) is 6.21 Å². The van der Waals surface area contributed by atoms with Crippen LogP contribution in [0.1, 0.15) is 11.1 Å². The molecule has 0 saturated heterocycles. The monoisotopic (exact) mass is 217 g/mol. The molecule has 0 spiro atoms. The Hall–Kier alpha value is -2.15. The maximum Gasteiger partial charge on any atom is 0.0652 e. The zero-order valence-corrected chi connectivity index (χ0v) is 9.35. The van der Waals surface area contributed by atoms with E-state index in [1.54, 1.807) is 0 Å². The second-order valence-corrected chi connectivity index (χ2v) is 4.49. The van der Waals surface area contributed by atoms with Gasteiger partial charge in [-0.25, -0.2) is 0 Å². The molecule has 0 fully saturated rings. The van der Waals surface area contributed by atoms with E-state index in [1.807, 2.05) is 6.21 Å². The molecule has 1 heterocycles. The summed E-state index contributed by atoms with van der Waals surface area (Å²) < 4.78 is 0. The highest BCUT2D eigenvalue weighted by atomic mass is 14.7. The smallest absolute Gasteiger partial charge is 0.0652 e. The van der Waals surface area contributed by atoms with Gasteiger partial charge in [-0.15, -0.1) is 0 Å². The molecule has 0 amide bonds. The first-order valence-electron chi connectivity index (χ1n) is 5.87. The van der Waals surface area contributed by atoms with Crippen LogP contribution in [0.25, 0.3) is 21.5 Å². The van der Waals surface area contributed by atoms with Gasteiger partial charge in [0.2, 0.25) is 0 Å². The van der Waals surface area contributed by atoms with Gasteiger partial charge in [-0.1, -0.05) is 48.5 Å². The Labute approximate surface area is 99.4 Å². The fourth-order valence-electron chi connectivity index (χ4n) is 2.72. The summed E-state index contributed by atoms with van der Waals surface area (Å²) >= 11 is 0. The molecule has 0 radical (unpaired) electrons. The standard InChI is InChI=1S/C16H11N/c1-2-4-14-11(3-1)5-6-12-7-8-13-9-17-10-15(13)16(12)14/h1-9H,10H2. The molecule has 0 aliphatic carbocycles. The van der Waals surface area contributed by atoms with Gasteiger partial charge in [-0.2, -0.15) is 0 Å². The minimum Gasteiger partial charge on any atom is -0.288 e. The molecule has 0 atom stereocenters. The lowest BCUT2D eigenvalue weighted by Crippen LogP contribution is -1.88. The summed E-state index contributed by atoms with van der Waals surface area (Å²) in [6, 6.07) is 17.3. The quantitative estimate of drug-likeness (QED) is 0.506. The van der Waals surface area contributed by atoms with Gasteiger partial charge in [-0.3, -0.25) is 4.99 Å². The van der Waals surface area contributed by atoms with E-state index in [9.17, 15) is 0 Å². The molecule has 0 unspecified atom stereocenters. The minimum atomic E-state index is 0.820. The summed E-state index contributed by atoms with van der Waals surface area (Å²) in [6.07, 6.45) is 1.98. The Morgan fingerprint density at radius 2 is 1.65 bits per heavy atom. The second kappa shape index (κ2) is 3.17. The highest BCUT2D eigenvalue weighted by Crippen LogP contribution is 2.31. The molecule has 1 aliphatic rings. The summed E-state index contributed by atoms with van der Waals surface area (Å²) in [5, 5.41) is 5.33. The highest BCUT2D eigenvalue weighted by molar-refractivity contribution is 6.11. The van der Waals surface area contributed by atoms with Crippen LogP contribution in [-0.4, -0.2) is 6.21 Å². The van der Waals surface area contributed by atoms with Crippen LogP contribution in [0.2, 0.25) is 0 Å².